The van der Waals surface area contributed by atoms with Crippen LogP contribution in [-0.4, -0.2) is 33.3 Å². The normalized spacial score (nSPS) is 10.6. The van der Waals surface area contributed by atoms with Crippen LogP contribution in [-0.2, 0) is 16.1 Å². The molecule has 0 aliphatic carbocycles. The Morgan fingerprint density at radius 1 is 1.04 bits per heavy atom. The maximum atomic E-state index is 11.9. The Morgan fingerprint density at radius 2 is 1.80 bits per heavy atom. The van der Waals surface area contributed by atoms with Gasteiger partial charge in [-0.15, -0.1) is 0 Å². The van der Waals surface area contributed by atoms with Crippen LogP contribution in [0, 0.1) is 0 Å². The lowest BCUT2D eigenvalue weighted by atomic mass is 10.1. The van der Waals surface area contributed by atoms with Crippen LogP contribution in [0.1, 0.15) is 0 Å². The molecular weight excluding hydrogens is 322 g/mol. The number of hydrogen-bond donors (Lipinski definition) is 2. The molecule has 25 heavy (non-hydrogen) atoms. The summed E-state index contributed by atoms with van der Waals surface area (Å²) in [6.45, 7) is -0.842. The van der Waals surface area contributed by atoms with Crippen LogP contribution < -0.4 is 10.9 Å². The summed E-state index contributed by atoms with van der Waals surface area (Å²) in [4.78, 5) is 34.1. The number of benzene rings is 2. The number of nitrogens with zero attached hydrogens (tertiary/aromatic N) is 2. The van der Waals surface area contributed by atoms with Crippen LogP contribution in [0.25, 0.3) is 22.0 Å². The Morgan fingerprint density at radius 3 is 2.56 bits per heavy atom. The quantitative estimate of drug-likeness (QED) is 0.730. The molecule has 1 heterocycles. The molecule has 0 atom stereocenters. The van der Waals surface area contributed by atoms with Crippen molar-refractivity contribution in [2.45, 2.75) is 6.54 Å². The molecule has 3 rings (SSSR count). The number of nitrogens with one attached hydrogen (secondary N) is 1. The Balaban J connectivity index is 1.88. The Bertz CT molecular complexity index is 1010. The van der Waals surface area contributed by atoms with Gasteiger partial charge in [0.25, 0.3) is 5.56 Å². The predicted octanol–water partition coefficient (Wildman–Crippen LogP) is 1.26. The molecule has 7 heteroatoms. The summed E-state index contributed by atoms with van der Waals surface area (Å²) >= 11 is 0. The van der Waals surface area contributed by atoms with E-state index in [-0.39, 0.29) is 6.54 Å². The molecular formula is C18H15N3O4. The molecule has 0 fully saturated rings. The average Bonchev–Trinajstić information content (AvgIpc) is 2.61. The first-order chi connectivity index (χ1) is 12.0. The number of aliphatic carboxylic acids is 1. The average molecular weight is 337 g/mol. The molecule has 126 valence electrons. The first-order valence-corrected chi connectivity index (χ1v) is 7.59. The fraction of sp³-hybridized carbons (Fsp3) is 0.111. The van der Waals surface area contributed by atoms with E-state index >= 15 is 0 Å². The lowest BCUT2D eigenvalue weighted by molar-refractivity contribution is -0.138. The second-order valence-corrected chi connectivity index (χ2v) is 5.45. The minimum atomic E-state index is -1.15. The summed E-state index contributed by atoms with van der Waals surface area (Å²) in [6.07, 6.45) is 0. The summed E-state index contributed by atoms with van der Waals surface area (Å²) in [6, 6.07) is 16.6. The number of fused-ring (bicyclic) bond motifs is 1. The van der Waals surface area contributed by atoms with E-state index in [0.717, 1.165) is 21.0 Å². The van der Waals surface area contributed by atoms with Gasteiger partial charge in [0, 0.05) is 11.6 Å². The summed E-state index contributed by atoms with van der Waals surface area (Å²) in [5, 5.41) is 17.1. The van der Waals surface area contributed by atoms with E-state index in [9.17, 15) is 14.4 Å². The molecule has 1 amide bonds. The first kappa shape index (κ1) is 16.4. The van der Waals surface area contributed by atoms with Crippen molar-refractivity contribution >= 4 is 22.6 Å². The SMILES string of the molecule is O=C(O)CNC(=O)Cn1nc(-c2ccc3ccccc3c2)ccc1=O. The molecule has 0 radical (unpaired) electrons. The molecule has 0 bridgehead atoms. The molecule has 0 saturated heterocycles. The van der Waals surface area contributed by atoms with Crippen molar-refractivity contribution in [3.63, 3.8) is 0 Å². The summed E-state index contributed by atoms with van der Waals surface area (Å²) < 4.78 is 1.02. The van der Waals surface area contributed by atoms with Gasteiger partial charge in [-0.1, -0.05) is 36.4 Å². The Labute approximate surface area is 142 Å². The highest BCUT2D eigenvalue weighted by molar-refractivity contribution is 5.86. The van der Waals surface area contributed by atoms with Gasteiger partial charge in [-0.05, 0) is 22.9 Å². The first-order valence-electron chi connectivity index (χ1n) is 7.59. The zero-order chi connectivity index (χ0) is 17.8. The highest BCUT2D eigenvalue weighted by atomic mass is 16.4. The number of hydrogen-bond acceptors (Lipinski definition) is 4. The summed E-state index contributed by atoms with van der Waals surface area (Å²) in [5.74, 6) is -1.74. The van der Waals surface area contributed by atoms with Gasteiger partial charge in [0.1, 0.15) is 13.1 Å². The maximum Gasteiger partial charge on any atom is 0.322 e. The minimum Gasteiger partial charge on any atom is -0.480 e. The van der Waals surface area contributed by atoms with Crippen molar-refractivity contribution in [3.05, 3.63) is 65.0 Å². The largest absolute Gasteiger partial charge is 0.480 e. The standard InChI is InChI=1S/C18H15N3O4/c22-16(19-10-18(24)25)11-21-17(23)8-7-15(20-21)14-6-5-12-3-1-2-4-13(12)9-14/h1-9H,10-11H2,(H,19,22)(H,24,25). The number of carboxylic acid groups (broad SMARTS) is 1. The van der Waals surface area contributed by atoms with E-state index in [1.165, 1.54) is 6.07 Å². The van der Waals surface area contributed by atoms with E-state index in [1.807, 2.05) is 42.5 Å². The third-order valence-electron chi connectivity index (χ3n) is 3.64. The van der Waals surface area contributed by atoms with Crippen LogP contribution in [0.4, 0.5) is 0 Å². The van der Waals surface area contributed by atoms with Crippen molar-refractivity contribution in [1.82, 2.24) is 15.1 Å². The smallest absolute Gasteiger partial charge is 0.322 e. The molecule has 0 unspecified atom stereocenters. The van der Waals surface area contributed by atoms with Gasteiger partial charge < -0.3 is 10.4 Å². The molecule has 0 aliphatic heterocycles. The molecule has 3 aromatic rings. The van der Waals surface area contributed by atoms with Gasteiger partial charge in [-0.25, -0.2) is 4.68 Å². The fourth-order valence-electron chi connectivity index (χ4n) is 2.43. The number of aromatic nitrogens is 2. The lowest BCUT2D eigenvalue weighted by Gasteiger charge is -2.08. The van der Waals surface area contributed by atoms with Crippen molar-refractivity contribution in [2.75, 3.05) is 6.54 Å². The molecule has 1 aromatic heterocycles. The Kier molecular flexibility index (Phi) is 4.56. The molecule has 0 spiro atoms. The molecule has 2 aromatic carbocycles. The monoisotopic (exact) mass is 337 g/mol. The number of amides is 1. The second-order valence-electron chi connectivity index (χ2n) is 5.45. The number of carbonyl (C=O) groups is 2. The molecule has 7 nitrogen and oxygen atoms in total. The number of rotatable bonds is 5. The highest BCUT2D eigenvalue weighted by Gasteiger charge is 2.09. The van der Waals surface area contributed by atoms with E-state index in [2.05, 4.69) is 10.4 Å². The summed E-state index contributed by atoms with van der Waals surface area (Å²) in [5.41, 5.74) is 0.935. The van der Waals surface area contributed by atoms with Crippen LogP contribution in [0.5, 0.6) is 0 Å². The summed E-state index contributed by atoms with van der Waals surface area (Å²) in [7, 11) is 0. The second kappa shape index (κ2) is 6.96. The Hall–Kier alpha value is -3.48. The van der Waals surface area contributed by atoms with E-state index in [0.29, 0.717) is 5.69 Å². The van der Waals surface area contributed by atoms with Crippen molar-refractivity contribution < 1.29 is 14.7 Å². The maximum absolute atomic E-state index is 11.9. The number of carboxylic acids is 1. The van der Waals surface area contributed by atoms with Gasteiger partial charge in [0.05, 0.1) is 5.69 Å². The predicted molar refractivity (Wildman–Crippen MR) is 92.1 cm³/mol. The topological polar surface area (TPSA) is 101 Å². The fourth-order valence-corrected chi connectivity index (χ4v) is 2.43. The van der Waals surface area contributed by atoms with E-state index in [4.69, 9.17) is 5.11 Å². The van der Waals surface area contributed by atoms with E-state index < -0.39 is 24.0 Å². The molecule has 0 saturated carbocycles. The zero-order valence-electron chi connectivity index (χ0n) is 13.2. The van der Waals surface area contributed by atoms with Crippen molar-refractivity contribution in [2.24, 2.45) is 0 Å². The third-order valence-corrected chi connectivity index (χ3v) is 3.64. The van der Waals surface area contributed by atoms with Gasteiger partial charge in [0.2, 0.25) is 5.91 Å². The van der Waals surface area contributed by atoms with Gasteiger partial charge >= 0.3 is 5.97 Å². The van der Waals surface area contributed by atoms with Gasteiger partial charge in [-0.2, -0.15) is 5.10 Å². The van der Waals surface area contributed by atoms with Crippen LogP contribution in [0.2, 0.25) is 0 Å². The van der Waals surface area contributed by atoms with Crippen LogP contribution in [0.15, 0.2) is 59.4 Å². The van der Waals surface area contributed by atoms with Crippen LogP contribution >= 0.6 is 0 Å². The highest BCUT2D eigenvalue weighted by Crippen LogP contribution is 2.22. The van der Waals surface area contributed by atoms with Gasteiger partial charge in [0.15, 0.2) is 0 Å². The minimum absolute atomic E-state index is 0.340. The van der Waals surface area contributed by atoms with Crippen molar-refractivity contribution in [1.29, 1.82) is 0 Å². The number of carbonyl (C=O) groups excluding carboxylic acids is 1. The van der Waals surface area contributed by atoms with Gasteiger partial charge in [-0.3, -0.25) is 14.4 Å². The lowest BCUT2D eigenvalue weighted by Crippen LogP contribution is -2.36. The third kappa shape index (κ3) is 3.89. The van der Waals surface area contributed by atoms with Crippen molar-refractivity contribution in [3.8, 4) is 11.3 Å². The van der Waals surface area contributed by atoms with E-state index in [1.54, 1.807) is 6.07 Å². The molecule has 0 aliphatic rings. The van der Waals surface area contributed by atoms with Crippen LogP contribution in [0.3, 0.4) is 0 Å². The molecule has 2 N–H and O–H groups in total. The zero-order valence-corrected chi connectivity index (χ0v) is 13.2.